The maximum atomic E-state index is 12.6. The predicted octanol–water partition coefficient (Wildman–Crippen LogP) is 5.26. The zero-order valence-corrected chi connectivity index (χ0v) is 14.5. The quantitative estimate of drug-likeness (QED) is 0.676. The maximum Gasteiger partial charge on any atom is 0.267 e. The molecule has 0 aliphatic carbocycles. The maximum absolute atomic E-state index is 12.6. The van der Waals surface area contributed by atoms with Crippen molar-refractivity contribution in [2.24, 2.45) is 0 Å². The first kappa shape index (κ1) is 15.2. The predicted molar refractivity (Wildman–Crippen MR) is 95.7 cm³/mol. The molecule has 3 nitrogen and oxygen atoms in total. The van der Waals surface area contributed by atoms with Gasteiger partial charge in [-0.1, -0.05) is 31.5 Å². The van der Waals surface area contributed by atoms with E-state index in [1.54, 1.807) is 23.6 Å². The number of hydrogen-bond acceptors (Lipinski definition) is 3. The Bertz CT molecular complexity index is 811. The molecular weight excluding hydrogens is 360 g/mol. The summed E-state index contributed by atoms with van der Waals surface area (Å²) in [5.74, 6) is 0.479. The monoisotopic (exact) mass is 374 g/mol. The minimum atomic E-state index is -0.0838. The van der Waals surface area contributed by atoms with Crippen LogP contribution in [0, 0.1) is 0 Å². The average molecular weight is 375 g/mol. The van der Waals surface area contributed by atoms with Crippen LogP contribution in [0.2, 0.25) is 0 Å². The molecule has 2 aromatic heterocycles. The van der Waals surface area contributed by atoms with Crippen molar-refractivity contribution in [3.8, 4) is 0 Å². The number of anilines is 1. The summed E-state index contributed by atoms with van der Waals surface area (Å²) < 4.78 is 2.04. The first-order chi connectivity index (χ1) is 10.7. The molecule has 22 heavy (non-hydrogen) atoms. The SMILES string of the molecule is CCCc1c(C(=O)Nc2ccc(Br)cn2)sc2ccccc12. The summed E-state index contributed by atoms with van der Waals surface area (Å²) in [7, 11) is 0. The molecule has 0 aliphatic rings. The molecule has 1 N–H and O–H groups in total. The smallest absolute Gasteiger partial charge is 0.267 e. The van der Waals surface area contributed by atoms with Gasteiger partial charge in [-0.25, -0.2) is 4.98 Å². The fourth-order valence-corrected chi connectivity index (χ4v) is 3.78. The first-order valence-corrected chi connectivity index (χ1v) is 8.73. The van der Waals surface area contributed by atoms with Crippen LogP contribution in [0.15, 0.2) is 47.1 Å². The summed E-state index contributed by atoms with van der Waals surface area (Å²) in [6, 6.07) is 11.8. The van der Waals surface area contributed by atoms with Gasteiger partial charge >= 0.3 is 0 Å². The Morgan fingerprint density at radius 2 is 2.09 bits per heavy atom. The number of pyridine rings is 1. The highest BCUT2D eigenvalue weighted by atomic mass is 79.9. The van der Waals surface area contributed by atoms with Gasteiger partial charge in [-0.2, -0.15) is 0 Å². The number of nitrogens with zero attached hydrogens (tertiary/aromatic N) is 1. The van der Waals surface area contributed by atoms with E-state index < -0.39 is 0 Å². The number of aryl methyl sites for hydroxylation is 1. The molecule has 0 bridgehead atoms. The van der Waals surface area contributed by atoms with E-state index in [4.69, 9.17) is 0 Å². The second-order valence-corrected chi connectivity index (χ2v) is 6.94. The van der Waals surface area contributed by atoms with Crippen molar-refractivity contribution in [2.45, 2.75) is 19.8 Å². The number of benzene rings is 1. The third-order valence-corrected chi connectivity index (χ3v) is 5.05. The van der Waals surface area contributed by atoms with Crippen LogP contribution in [-0.2, 0) is 6.42 Å². The molecule has 3 rings (SSSR count). The van der Waals surface area contributed by atoms with Gasteiger partial charge in [0, 0.05) is 15.4 Å². The second kappa shape index (κ2) is 6.58. The fraction of sp³-hybridized carbons (Fsp3) is 0.176. The molecule has 0 unspecified atom stereocenters. The molecular formula is C17H15BrN2OS. The van der Waals surface area contributed by atoms with Crippen molar-refractivity contribution in [3.63, 3.8) is 0 Å². The topological polar surface area (TPSA) is 42.0 Å². The number of carbonyl (C=O) groups excluding carboxylic acids is 1. The molecule has 0 radical (unpaired) electrons. The Kier molecular flexibility index (Phi) is 4.55. The van der Waals surface area contributed by atoms with Crippen LogP contribution in [0.1, 0.15) is 28.6 Å². The highest BCUT2D eigenvalue weighted by Crippen LogP contribution is 2.32. The van der Waals surface area contributed by atoms with Gasteiger partial charge in [0.05, 0.1) is 4.88 Å². The standard InChI is InChI=1S/C17H15BrN2OS/c1-2-5-13-12-6-3-4-7-14(12)22-16(13)17(21)20-15-9-8-11(18)10-19-15/h3-4,6-10H,2,5H2,1H3,(H,19,20,21). The highest BCUT2D eigenvalue weighted by Gasteiger charge is 2.18. The van der Waals surface area contributed by atoms with Crippen molar-refractivity contribution in [1.29, 1.82) is 0 Å². The number of amides is 1. The molecule has 0 saturated carbocycles. The normalized spacial score (nSPS) is 10.8. The fourth-order valence-electron chi connectivity index (χ4n) is 2.40. The summed E-state index contributed by atoms with van der Waals surface area (Å²) in [4.78, 5) is 17.6. The van der Waals surface area contributed by atoms with E-state index in [1.165, 1.54) is 5.39 Å². The van der Waals surface area contributed by atoms with Crippen LogP contribution in [0.4, 0.5) is 5.82 Å². The van der Waals surface area contributed by atoms with Crippen LogP contribution in [-0.4, -0.2) is 10.9 Å². The van der Waals surface area contributed by atoms with Gasteiger partial charge < -0.3 is 5.32 Å². The largest absolute Gasteiger partial charge is 0.306 e. The number of nitrogens with one attached hydrogen (secondary N) is 1. The van der Waals surface area contributed by atoms with Crippen molar-refractivity contribution in [1.82, 2.24) is 4.98 Å². The van der Waals surface area contributed by atoms with Gasteiger partial charge in [0.15, 0.2) is 0 Å². The molecule has 5 heteroatoms. The summed E-state index contributed by atoms with van der Waals surface area (Å²) in [6.45, 7) is 2.13. The van der Waals surface area contributed by atoms with E-state index in [2.05, 4.69) is 45.3 Å². The van der Waals surface area contributed by atoms with Gasteiger partial charge in [-0.15, -0.1) is 11.3 Å². The lowest BCUT2D eigenvalue weighted by molar-refractivity contribution is 0.102. The summed E-state index contributed by atoms with van der Waals surface area (Å²) in [5, 5.41) is 4.07. The number of aromatic nitrogens is 1. The van der Waals surface area contributed by atoms with Crippen LogP contribution in [0.25, 0.3) is 10.1 Å². The molecule has 1 amide bonds. The van der Waals surface area contributed by atoms with Gasteiger partial charge in [0.2, 0.25) is 0 Å². The molecule has 112 valence electrons. The zero-order chi connectivity index (χ0) is 15.5. The Morgan fingerprint density at radius 1 is 1.27 bits per heavy atom. The van der Waals surface area contributed by atoms with Crippen LogP contribution in [0.5, 0.6) is 0 Å². The summed E-state index contributed by atoms with van der Waals surface area (Å²) in [6.07, 6.45) is 3.59. The number of rotatable bonds is 4. The Morgan fingerprint density at radius 3 is 2.82 bits per heavy atom. The lowest BCUT2D eigenvalue weighted by Gasteiger charge is -2.05. The van der Waals surface area contributed by atoms with E-state index in [1.807, 2.05) is 18.2 Å². The van der Waals surface area contributed by atoms with Crippen LogP contribution >= 0.6 is 27.3 Å². The van der Waals surface area contributed by atoms with Gasteiger partial charge in [-0.3, -0.25) is 4.79 Å². The summed E-state index contributed by atoms with van der Waals surface area (Å²) >= 11 is 4.88. The van der Waals surface area contributed by atoms with Gasteiger partial charge in [0.25, 0.3) is 5.91 Å². The van der Waals surface area contributed by atoms with E-state index >= 15 is 0 Å². The van der Waals surface area contributed by atoms with E-state index in [0.717, 1.165) is 32.5 Å². The van der Waals surface area contributed by atoms with Crippen molar-refractivity contribution in [2.75, 3.05) is 5.32 Å². The third kappa shape index (κ3) is 3.05. The number of fused-ring (bicyclic) bond motifs is 1. The minimum Gasteiger partial charge on any atom is -0.306 e. The molecule has 0 fully saturated rings. The molecule has 0 saturated heterocycles. The van der Waals surface area contributed by atoms with E-state index in [0.29, 0.717) is 5.82 Å². The van der Waals surface area contributed by atoms with Crippen LogP contribution < -0.4 is 5.32 Å². The van der Waals surface area contributed by atoms with Crippen molar-refractivity contribution >= 4 is 49.1 Å². The Labute approximate surface area is 141 Å². The van der Waals surface area contributed by atoms with Gasteiger partial charge in [0.1, 0.15) is 5.82 Å². The van der Waals surface area contributed by atoms with Crippen LogP contribution in [0.3, 0.4) is 0 Å². The minimum absolute atomic E-state index is 0.0838. The molecule has 1 aromatic carbocycles. The Hall–Kier alpha value is -1.72. The summed E-state index contributed by atoms with van der Waals surface area (Å²) in [5.41, 5.74) is 1.14. The van der Waals surface area contributed by atoms with Crippen molar-refractivity contribution in [3.05, 3.63) is 57.5 Å². The first-order valence-electron chi connectivity index (χ1n) is 7.12. The zero-order valence-electron chi connectivity index (χ0n) is 12.1. The molecule has 3 aromatic rings. The van der Waals surface area contributed by atoms with Gasteiger partial charge in [-0.05, 0) is 51.5 Å². The molecule has 0 aliphatic heterocycles. The number of thiophene rings is 1. The number of carbonyl (C=O) groups is 1. The average Bonchev–Trinajstić information content (AvgIpc) is 2.89. The Balaban J connectivity index is 1.96. The second-order valence-electron chi connectivity index (χ2n) is 4.97. The van der Waals surface area contributed by atoms with Crippen molar-refractivity contribution < 1.29 is 4.79 Å². The molecule has 2 heterocycles. The lowest BCUT2D eigenvalue weighted by atomic mass is 10.1. The molecule has 0 atom stereocenters. The third-order valence-electron chi connectivity index (χ3n) is 3.37. The number of halogens is 1. The highest BCUT2D eigenvalue weighted by molar-refractivity contribution is 9.10. The number of hydrogen-bond donors (Lipinski definition) is 1. The van der Waals surface area contributed by atoms with E-state index in [-0.39, 0.29) is 5.91 Å². The lowest BCUT2D eigenvalue weighted by Crippen LogP contribution is -2.13. The van der Waals surface area contributed by atoms with E-state index in [9.17, 15) is 4.79 Å². The molecule has 0 spiro atoms.